The lowest BCUT2D eigenvalue weighted by molar-refractivity contribution is 0.180. The first kappa shape index (κ1) is 10.3. The number of methoxy groups -OCH3 is 1. The smallest absolute Gasteiger partial charge is 0.222 e. The van der Waals surface area contributed by atoms with Gasteiger partial charge in [-0.3, -0.25) is 0 Å². The molecule has 0 spiro atoms. The summed E-state index contributed by atoms with van der Waals surface area (Å²) in [5.41, 5.74) is 5.94. The molecule has 1 saturated carbocycles. The number of aromatic nitrogens is 2. The van der Waals surface area contributed by atoms with E-state index in [-0.39, 0.29) is 6.54 Å². The summed E-state index contributed by atoms with van der Waals surface area (Å²) in [5, 5.41) is 9.60. The fourth-order valence-corrected chi connectivity index (χ4v) is 1.45. The van der Waals surface area contributed by atoms with E-state index < -0.39 is 6.10 Å². The molecule has 0 bridgehead atoms. The van der Waals surface area contributed by atoms with Crippen LogP contribution in [0.15, 0.2) is 6.20 Å². The van der Waals surface area contributed by atoms with E-state index in [1.807, 2.05) is 0 Å². The number of nitrogens with two attached hydrogens (primary N) is 1. The summed E-state index contributed by atoms with van der Waals surface area (Å²) in [5.74, 6) is 1.72. The number of aliphatic hydroxyl groups is 1. The minimum Gasteiger partial charge on any atom is -0.481 e. The normalized spacial score (nSPS) is 17.5. The molecule has 1 heterocycles. The van der Waals surface area contributed by atoms with Crippen LogP contribution < -0.4 is 10.5 Å². The van der Waals surface area contributed by atoms with Gasteiger partial charge in [-0.25, -0.2) is 4.98 Å². The summed E-state index contributed by atoms with van der Waals surface area (Å²) in [6.07, 6.45) is 3.13. The van der Waals surface area contributed by atoms with E-state index in [1.54, 1.807) is 6.20 Å². The molecule has 5 heteroatoms. The zero-order valence-corrected chi connectivity index (χ0v) is 8.68. The fraction of sp³-hybridized carbons (Fsp3) is 0.600. The Balaban J connectivity index is 2.30. The van der Waals surface area contributed by atoms with E-state index in [0.29, 0.717) is 17.4 Å². The zero-order valence-electron chi connectivity index (χ0n) is 8.68. The highest BCUT2D eigenvalue weighted by atomic mass is 16.5. The third-order valence-corrected chi connectivity index (χ3v) is 2.52. The minimum atomic E-state index is -0.756. The Morgan fingerprint density at radius 3 is 2.93 bits per heavy atom. The van der Waals surface area contributed by atoms with Crippen LogP contribution in [0.4, 0.5) is 0 Å². The summed E-state index contributed by atoms with van der Waals surface area (Å²) in [4.78, 5) is 8.48. The highest BCUT2D eigenvalue weighted by Crippen LogP contribution is 2.39. The predicted octanol–water partition coefficient (Wildman–Crippen LogP) is 0.355. The van der Waals surface area contributed by atoms with Crippen LogP contribution in [0.1, 0.15) is 36.3 Å². The Morgan fingerprint density at radius 2 is 2.40 bits per heavy atom. The number of nitrogens with zero attached hydrogens (tertiary/aromatic N) is 2. The highest BCUT2D eigenvalue weighted by molar-refractivity contribution is 5.27. The molecule has 0 aromatic carbocycles. The lowest BCUT2D eigenvalue weighted by atomic mass is 10.2. The van der Waals surface area contributed by atoms with Gasteiger partial charge in [0.2, 0.25) is 5.88 Å². The second-order valence-electron chi connectivity index (χ2n) is 3.72. The summed E-state index contributed by atoms with van der Waals surface area (Å²) in [6, 6.07) is 0. The van der Waals surface area contributed by atoms with E-state index in [1.165, 1.54) is 7.11 Å². The van der Waals surface area contributed by atoms with Gasteiger partial charge in [-0.15, -0.1) is 0 Å². The van der Waals surface area contributed by atoms with E-state index in [2.05, 4.69) is 9.97 Å². The van der Waals surface area contributed by atoms with Gasteiger partial charge in [-0.2, -0.15) is 4.98 Å². The van der Waals surface area contributed by atoms with Crippen LogP contribution in [0.25, 0.3) is 0 Å². The molecule has 0 saturated heterocycles. The first-order valence-electron chi connectivity index (χ1n) is 5.05. The topological polar surface area (TPSA) is 81.3 Å². The van der Waals surface area contributed by atoms with Crippen LogP contribution in [-0.4, -0.2) is 28.7 Å². The van der Waals surface area contributed by atoms with Crippen LogP contribution in [0.5, 0.6) is 5.88 Å². The molecule has 1 unspecified atom stereocenters. The number of hydrogen-bond acceptors (Lipinski definition) is 5. The minimum absolute atomic E-state index is 0.141. The quantitative estimate of drug-likeness (QED) is 0.748. The van der Waals surface area contributed by atoms with Gasteiger partial charge in [-0.05, 0) is 12.8 Å². The molecule has 82 valence electrons. The molecule has 1 fully saturated rings. The molecule has 1 aromatic heterocycles. The monoisotopic (exact) mass is 209 g/mol. The van der Waals surface area contributed by atoms with Gasteiger partial charge in [0.25, 0.3) is 0 Å². The highest BCUT2D eigenvalue weighted by Gasteiger charge is 2.28. The van der Waals surface area contributed by atoms with Crippen molar-refractivity contribution < 1.29 is 9.84 Å². The Kier molecular flexibility index (Phi) is 2.83. The van der Waals surface area contributed by atoms with Crippen molar-refractivity contribution >= 4 is 0 Å². The average molecular weight is 209 g/mol. The second-order valence-corrected chi connectivity index (χ2v) is 3.72. The summed E-state index contributed by atoms with van der Waals surface area (Å²) < 4.78 is 5.12. The van der Waals surface area contributed by atoms with E-state index in [0.717, 1.165) is 18.7 Å². The molecule has 0 amide bonds. The van der Waals surface area contributed by atoms with Gasteiger partial charge in [0.15, 0.2) is 0 Å². The predicted molar refractivity (Wildman–Crippen MR) is 54.6 cm³/mol. The van der Waals surface area contributed by atoms with Crippen molar-refractivity contribution in [1.29, 1.82) is 0 Å². The van der Waals surface area contributed by atoms with E-state index >= 15 is 0 Å². The van der Waals surface area contributed by atoms with Crippen molar-refractivity contribution in [1.82, 2.24) is 9.97 Å². The van der Waals surface area contributed by atoms with E-state index in [9.17, 15) is 5.11 Å². The number of rotatable bonds is 4. The van der Waals surface area contributed by atoms with Gasteiger partial charge in [0.05, 0.1) is 18.8 Å². The molecule has 3 N–H and O–H groups in total. The Bertz CT molecular complexity index is 353. The zero-order chi connectivity index (χ0) is 10.8. The van der Waals surface area contributed by atoms with Crippen molar-refractivity contribution in [2.75, 3.05) is 13.7 Å². The van der Waals surface area contributed by atoms with Gasteiger partial charge < -0.3 is 15.6 Å². The van der Waals surface area contributed by atoms with Crippen LogP contribution in [0.3, 0.4) is 0 Å². The molecule has 2 rings (SSSR count). The second kappa shape index (κ2) is 4.12. The lowest BCUT2D eigenvalue weighted by Gasteiger charge is -2.12. The van der Waals surface area contributed by atoms with Gasteiger partial charge in [0, 0.05) is 18.7 Å². The molecule has 1 atom stereocenters. The summed E-state index contributed by atoms with van der Waals surface area (Å²) >= 11 is 0. The third kappa shape index (κ3) is 2.08. The van der Waals surface area contributed by atoms with Gasteiger partial charge >= 0.3 is 0 Å². The molecule has 0 aliphatic heterocycles. The molecule has 0 radical (unpaired) electrons. The third-order valence-electron chi connectivity index (χ3n) is 2.52. The van der Waals surface area contributed by atoms with Crippen LogP contribution in [0.2, 0.25) is 0 Å². The summed E-state index contributed by atoms with van der Waals surface area (Å²) in [7, 11) is 1.53. The molecule has 1 aliphatic carbocycles. The first-order valence-corrected chi connectivity index (χ1v) is 5.05. The maximum atomic E-state index is 9.60. The molecule has 15 heavy (non-hydrogen) atoms. The first-order chi connectivity index (χ1) is 7.26. The standard InChI is InChI=1S/C10H15N3O2/c1-15-10-7(8(14)4-11)5-12-9(13-10)6-2-3-6/h5-6,8,14H,2-4,11H2,1H3. The maximum absolute atomic E-state index is 9.60. The van der Waals surface area contributed by atoms with Crippen molar-refractivity contribution in [3.05, 3.63) is 17.6 Å². The van der Waals surface area contributed by atoms with E-state index in [4.69, 9.17) is 10.5 Å². The van der Waals surface area contributed by atoms with Crippen molar-refractivity contribution in [3.63, 3.8) is 0 Å². The number of aliphatic hydroxyl groups excluding tert-OH is 1. The maximum Gasteiger partial charge on any atom is 0.222 e. The summed E-state index contributed by atoms with van der Waals surface area (Å²) in [6.45, 7) is 0.141. The number of ether oxygens (including phenoxy) is 1. The van der Waals surface area contributed by atoms with Gasteiger partial charge in [0.1, 0.15) is 5.82 Å². The Hall–Kier alpha value is -1.20. The van der Waals surface area contributed by atoms with Gasteiger partial charge in [-0.1, -0.05) is 0 Å². The Morgan fingerprint density at radius 1 is 1.67 bits per heavy atom. The van der Waals surface area contributed by atoms with Crippen LogP contribution >= 0.6 is 0 Å². The van der Waals surface area contributed by atoms with Crippen LogP contribution in [0, 0.1) is 0 Å². The average Bonchev–Trinajstić information content (AvgIpc) is 3.11. The molecule has 5 nitrogen and oxygen atoms in total. The molecular weight excluding hydrogens is 194 g/mol. The molecule has 1 aliphatic rings. The fourth-order valence-electron chi connectivity index (χ4n) is 1.45. The lowest BCUT2D eigenvalue weighted by Crippen LogP contribution is -2.14. The van der Waals surface area contributed by atoms with Crippen LogP contribution in [-0.2, 0) is 0 Å². The van der Waals surface area contributed by atoms with Crippen molar-refractivity contribution in [2.24, 2.45) is 5.73 Å². The SMILES string of the molecule is COc1nc(C2CC2)ncc1C(O)CN. The number of hydrogen-bond donors (Lipinski definition) is 2. The van der Waals surface area contributed by atoms with Crippen molar-refractivity contribution in [3.8, 4) is 5.88 Å². The largest absolute Gasteiger partial charge is 0.481 e. The molecule has 1 aromatic rings. The molecular formula is C10H15N3O2. The Labute approximate surface area is 88.3 Å². The van der Waals surface area contributed by atoms with Crippen molar-refractivity contribution in [2.45, 2.75) is 24.9 Å².